The first-order chi connectivity index (χ1) is 9.31. The number of hydrogen-bond acceptors (Lipinski definition) is 3. The monoisotopic (exact) mass is 272 g/mol. The van der Waals surface area contributed by atoms with Crippen molar-refractivity contribution in [2.24, 2.45) is 0 Å². The quantitative estimate of drug-likeness (QED) is 0.900. The van der Waals surface area contributed by atoms with Crippen LogP contribution in [0.15, 0.2) is 35.0 Å². The van der Waals surface area contributed by atoms with E-state index in [9.17, 15) is 4.79 Å². The Morgan fingerprint density at radius 3 is 3.16 bits per heavy atom. The summed E-state index contributed by atoms with van der Waals surface area (Å²) in [5, 5.41) is 10.3. The molecule has 1 aromatic carbocycles. The molecule has 98 valence electrons. The van der Waals surface area contributed by atoms with Gasteiger partial charge in [-0.3, -0.25) is 4.79 Å². The maximum absolute atomic E-state index is 11.9. The number of aryl methyl sites for hydroxylation is 1. The molecule has 0 saturated carbocycles. The largest absolute Gasteiger partial charge is 0.385 e. The number of hydrogen-bond donors (Lipinski definition) is 2. The summed E-state index contributed by atoms with van der Waals surface area (Å²) in [5.41, 5.74) is 4.42. The summed E-state index contributed by atoms with van der Waals surface area (Å²) >= 11 is 1.62. The number of fused-ring (bicyclic) bond motifs is 1. The SMILES string of the molecule is O=C(Cc1ccsc1)Nc1ccc2c(c1)NCCC2. The average molecular weight is 272 g/mol. The predicted molar refractivity (Wildman–Crippen MR) is 79.9 cm³/mol. The Kier molecular flexibility index (Phi) is 3.51. The van der Waals surface area contributed by atoms with E-state index in [0.29, 0.717) is 6.42 Å². The Morgan fingerprint density at radius 1 is 1.37 bits per heavy atom. The second-order valence-corrected chi connectivity index (χ2v) is 5.54. The Bertz CT molecular complexity index is 578. The zero-order chi connectivity index (χ0) is 13.1. The molecule has 1 aromatic heterocycles. The number of carbonyl (C=O) groups is 1. The third kappa shape index (κ3) is 2.96. The van der Waals surface area contributed by atoms with Crippen LogP contribution >= 0.6 is 11.3 Å². The van der Waals surface area contributed by atoms with Crippen LogP contribution in [0.3, 0.4) is 0 Å². The highest BCUT2D eigenvalue weighted by molar-refractivity contribution is 7.08. The number of nitrogens with one attached hydrogen (secondary N) is 2. The van der Waals surface area contributed by atoms with Crippen LogP contribution in [0.25, 0.3) is 0 Å². The third-order valence-corrected chi connectivity index (χ3v) is 4.01. The molecule has 3 rings (SSSR count). The summed E-state index contributed by atoms with van der Waals surface area (Å²) in [4.78, 5) is 11.9. The van der Waals surface area contributed by atoms with Crippen LogP contribution in [-0.4, -0.2) is 12.5 Å². The minimum absolute atomic E-state index is 0.0363. The second-order valence-electron chi connectivity index (χ2n) is 4.76. The molecular weight excluding hydrogens is 256 g/mol. The fourth-order valence-corrected chi connectivity index (χ4v) is 2.99. The molecule has 2 heterocycles. The summed E-state index contributed by atoms with van der Waals surface area (Å²) in [6.07, 6.45) is 2.73. The lowest BCUT2D eigenvalue weighted by Crippen LogP contribution is -2.16. The van der Waals surface area contributed by atoms with Gasteiger partial charge >= 0.3 is 0 Å². The number of thiophene rings is 1. The van der Waals surface area contributed by atoms with E-state index in [1.54, 1.807) is 11.3 Å². The van der Waals surface area contributed by atoms with E-state index in [4.69, 9.17) is 0 Å². The van der Waals surface area contributed by atoms with Crippen LogP contribution in [0.4, 0.5) is 11.4 Å². The van der Waals surface area contributed by atoms with Gasteiger partial charge in [-0.05, 0) is 52.9 Å². The minimum atomic E-state index is 0.0363. The number of anilines is 2. The number of carbonyl (C=O) groups excluding carboxylic acids is 1. The lowest BCUT2D eigenvalue weighted by molar-refractivity contribution is -0.115. The molecular formula is C15H16N2OS. The molecule has 0 fully saturated rings. The van der Waals surface area contributed by atoms with Crippen molar-refractivity contribution < 1.29 is 4.79 Å². The van der Waals surface area contributed by atoms with Crippen molar-refractivity contribution in [1.82, 2.24) is 0 Å². The first kappa shape index (κ1) is 12.2. The maximum atomic E-state index is 11.9. The lowest BCUT2D eigenvalue weighted by Gasteiger charge is -2.18. The van der Waals surface area contributed by atoms with Gasteiger partial charge in [0, 0.05) is 17.9 Å². The van der Waals surface area contributed by atoms with Crippen molar-refractivity contribution in [3.05, 3.63) is 46.2 Å². The summed E-state index contributed by atoms with van der Waals surface area (Å²) in [5.74, 6) is 0.0363. The van der Waals surface area contributed by atoms with Gasteiger partial charge in [0.15, 0.2) is 0 Å². The second kappa shape index (κ2) is 5.45. The molecule has 1 aliphatic rings. The van der Waals surface area contributed by atoms with E-state index in [1.807, 2.05) is 29.0 Å². The van der Waals surface area contributed by atoms with Gasteiger partial charge in [0.1, 0.15) is 0 Å². The standard InChI is InChI=1S/C15H16N2OS/c18-15(8-11-5-7-19-10-11)17-13-4-3-12-2-1-6-16-14(12)9-13/h3-5,7,9-10,16H,1-2,6,8H2,(H,17,18). The summed E-state index contributed by atoms with van der Waals surface area (Å²) in [6, 6.07) is 8.09. The van der Waals surface area contributed by atoms with Gasteiger partial charge in [0.05, 0.1) is 6.42 Å². The highest BCUT2D eigenvalue weighted by Crippen LogP contribution is 2.25. The Labute approximate surface area is 116 Å². The van der Waals surface area contributed by atoms with E-state index in [1.165, 1.54) is 12.0 Å². The molecule has 2 aromatic rings. The van der Waals surface area contributed by atoms with E-state index >= 15 is 0 Å². The highest BCUT2D eigenvalue weighted by atomic mass is 32.1. The third-order valence-electron chi connectivity index (χ3n) is 3.28. The molecule has 0 unspecified atom stereocenters. The molecule has 1 amide bonds. The van der Waals surface area contributed by atoms with Crippen molar-refractivity contribution in [2.45, 2.75) is 19.3 Å². The molecule has 0 spiro atoms. The van der Waals surface area contributed by atoms with Crippen molar-refractivity contribution in [3.8, 4) is 0 Å². The van der Waals surface area contributed by atoms with Gasteiger partial charge in [0.25, 0.3) is 0 Å². The van der Waals surface area contributed by atoms with Gasteiger partial charge in [0.2, 0.25) is 5.91 Å². The fraction of sp³-hybridized carbons (Fsp3) is 0.267. The minimum Gasteiger partial charge on any atom is -0.385 e. The molecule has 3 nitrogen and oxygen atoms in total. The van der Waals surface area contributed by atoms with Gasteiger partial charge in [-0.15, -0.1) is 0 Å². The summed E-state index contributed by atoms with van der Waals surface area (Å²) in [7, 11) is 0. The average Bonchev–Trinajstić information content (AvgIpc) is 2.91. The molecule has 0 bridgehead atoms. The Hall–Kier alpha value is -1.81. The number of benzene rings is 1. The van der Waals surface area contributed by atoms with Crippen LogP contribution in [0.2, 0.25) is 0 Å². The molecule has 1 aliphatic heterocycles. The topological polar surface area (TPSA) is 41.1 Å². The van der Waals surface area contributed by atoms with E-state index < -0.39 is 0 Å². The van der Waals surface area contributed by atoms with Gasteiger partial charge in [-0.25, -0.2) is 0 Å². The van der Waals surface area contributed by atoms with E-state index in [-0.39, 0.29) is 5.91 Å². The van der Waals surface area contributed by atoms with Crippen LogP contribution in [0.1, 0.15) is 17.5 Å². The molecule has 0 radical (unpaired) electrons. The van der Waals surface area contributed by atoms with Crippen molar-refractivity contribution in [2.75, 3.05) is 17.2 Å². The van der Waals surface area contributed by atoms with Gasteiger partial charge in [-0.2, -0.15) is 11.3 Å². The molecule has 0 saturated heterocycles. The zero-order valence-electron chi connectivity index (χ0n) is 10.6. The summed E-state index contributed by atoms with van der Waals surface area (Å²) < 4.78 is 0. The maximum Gasteiger partial charge on any atom is 0.228 e. The van der Waals surface area contributed by atoms with Crippen LogP contribution in [0.5, 0.6) is 0 Å². The van der Waals surface area contributed by atoms with Gasteiger partial charge in [-0.1, -0.05) is 6.07 Å². The molecule has 2 N–H and O–H groups in total. The normalized spacial score (nSPS) is 13.5. The Balaban J connectivity index is 1.67. The van der Waals surface area contributed by atoms with E-state index in [2.05, 4.69) is 16.7 Å². The van der Waals surface area contributed by atoms with Crippen molar-refractivity contribution in [1.29, 1.82) is 0 Å². The first-order valence-electron chi connectivity index (χ1n) is 6.49. The number of rotatable bonds is 3. The zero-order valence-corrected chi connectivity index (χ0v) is 11.4. The molecule has 19 heavy (non-hydrogen) atoms. The smallest absolute Gasteiger partial charge is 0.228 e. The van der Waals surface area contributed by atoms with Gasteiger partial charge < -0.3 is 10.6 Å². The lowest BCUT2D eigenvalue weighted by atomic mass is 10.0. The number of amides is 1. The van der Waals surface area contributed by atoms with Crippen LogP contribution in [0, 0.1) is 0 Å². The van der Waals surface area contributed by atoms with Crippen LogP contribution in [-0.2, 0) is 17.6 Å². The van der Waals surface area contributed by atoms with Crippen molar-refractivity contribution in [3.63, 3.8) is 0 Å². The van der Waals surface area contributed by atoms with E-state index in [0.717, 1.165) is 29.9 Å². The predicted octanol–water partition coefficient (Wildman–Crippen LogP) is 3.29. The first-order valence-corrected chi connectivity index (χ1v) is 7.43. The van der Waals surface area contributed by atoms with Crippen molar-refractivity contribution >= 4 is 28.6 Å². The molecule has 0 aliphatic carbocycles. The molecule has 4 heteroatoms. The highest BCUT2D eigenvalue weighted by Gasteiger charge is 2.10. The molecule has 0 atom stereocenters. The fourth-order valence-electron chi connectivity index (χ4n) is 2.32. The Morgan fingerprint density at radius 2 is 2.32 bits per heavy atom. The summed E-state index contributed by atoms with van der Waals surface area (Å²) in [6.45, 7) is 1.01. The van der Waals surface area contributed by atoms with Crippen LogP contribution < -0.4 is 10.6 Å².